The van der Waals surface area contributed by atoms with Crippen molar-refractivity contribution in [3.8, 4) is 11.5 Å². The predicted molar refractivity (Wildman–Crippen MR) is 161 cm³/mol. The van der Waals surface area contributed by atoms with E-state index in [1.54, 1.807) is 14.2 Å². The molecule has 0 unspecified atom stereocenters. The van der Waals surface area contributed by atoms with Crippen molar-refractivity contribution < 1.29 is 28.8 Å². The number of aliphatic hydroxyl groups is 1. The summed E-state index contributed by atoms with van der Waals surface area (Å²) >= 11 is 0. The van der Waals surface area contributed by atoms with Crippen LogP contribution in [0.4, 0.5) is 0 Å². The molecule has 0 aliphatic carbocycles. The minimum Gasteiger partial charge on any atom is -0.497 e. The monoisotopic (exact) mass is 554 g/mol. The van der Waals surface area contributed by atoms with Gasteiger partial charge in [0, 0.05) is 11.6 Å². The smallest absolute Gasteiger partial charge is 0.129 e. The third-order valence-corrected chi connectivity index (χ3v) is 6.58. The zero-order chi connectivity index (χ0) is 28.7. The van der Waals surface area contributed by atoms with Crippen LogP contribution in [0.25, 0.3) is 6.08 Å². The maximum atomic E-state index is 11.4. The van der Waals surface area contributed by atoms with Gasteiger partial charge in [-0.25, -0.2) is 0 Å². The summed E-state index contributed by atoms with van der Waals surface area (Å²) in [7, 11) is 3.24. The first-order chi connectivity index (χ1) is 20.2. The maximum absolute atomic E-state index is 11.4. The Morgan fingerprint density at radius 2 is 1.22 bits per heavy atom. The Bertz CT molecular complexity index is 1310. The Morgan fingerprint density at radius 3 is 1.78 bits per heavy atom. The van der Waals surface area contributed by atoms with Crippen LogP contribution in [-0.2, 0) is 34.0 Å². The topological polar surface area (TPSA) is 66.4 Å². The molecule has 41 heavy (non-hydrogen) atoms. The van der Waals surface area contributed by atoms with E-state index in [4.69, 9.17) is 23.7 Å². The fourth-order valence-corrected chi connectivity index (χ4v) is 4.34. The zero-order valence-electron chi connectivity index (χ0n) is 23.6. The number of aliphatic hydroxyl groups excluding tert-OH is 1. The summed E-state index contributed by atoms with van der Waals surface area (Å²) in [5, 5.41) is 11.4. The summed E-state index contributed by atoms with van der Waals surface area (Å²) in [6.45, 7) is 1.13. The molecule has 6 nitrogen and oxygen atoms in total. The molecule has 6 heteroatoms. The van der Waals surface area contributed by atoms with Crippen molar-refractivity contribution in [3.63, 3.8) is 0 Å². The number of methoxy groups -OCH3 is 2. The van der Waals surface area contributed by atoms with Crippen molar-refractivity contribution in [2.75, 3.05) is 20.8 Å². The van der Waals surface area contributed by atoms with Gasteiger partial charge in [-0.05, 0) is 28.8 Å². The van der Waals surface area contributed by atoms with Crippen LogP contribution in [0, 0.1) is 0 Å². The molecule has 4 aromatic rings. The fourth-order valence-electron chi connectivity index (χ4n) is 4.34. The highest BCUT2D eigenvalue weighted by Crippen LogP contribution is 2.27. The lowest BCUT2D eigenvalue weighted by atomic mass is 10.0. The van der Waals surface area contributed by atoms with Gasteiger partial charge in [0.25, 0.3) is 0 Å². The lowest BCUT2D eigenvalue weighted by Gasteiger charge is -2.29. The van der Waals surface area contributed by atoms with Gasteiger partial charge in [-0.2, -0.15) is 0 Å². The van der Waals surface area contributed by atoms with E-state index in [9.17, 15) is 5.11 Å². The molecule has 0 spiro atoms. The van der Waals surface area contributed by atoms with Crippen LogP contribution in [0.3, 0.4) is 0 Å². The van der Waals surface area contributed by atoms with Gasteiger partial charge < -0.3 is 28.8 Å². The largest absolute Gasteiger partial charge is 0.497 e. The molecule has 4 rings (SSSR count). The van der Waals surface area contributed by atoms with Gasteiger partial charge in [-0.3, -0.25) is 0 Å². The molecular formula is C35H38O6. The molecule has 0 amide bonds. The number of rotatable bonds is 16. The van der Waals surface area contributed by atoms with Crippen molar-refractivity contribution in [3.05, 3.63) is 138 Å². The highest BCUT2D eigenvalue weighted by Gasteiger charge is 2.29. The van der Waals surface area contributed by atoms with Gasteiger partial charge in [0.05, 0.1) is 40.6 Å². The Labute approximate surface area is 242 Å². The van der Waals surface area contributed by atoms with Crippen LogP contribution in [-0.4, -0.2) is 44.2 Å². The molecule has 0 heterocycles. The second-order valence-electron chi connectivity index (χ2n) is 9.56. The van der Waals surface area contributed by atoms with Gasteiger partial charge in [-0.15, -0.1) is 0 Å². The van der Waals surface area contributed by atoms with Crippen LogP contribution in [0.2, 0.25) is 0 Å². The van der Waals surface area contributed by atoms with Crippen molar-refractivity contribution >= 4 is 6.08 Å². The Balaban J connectivity index is 1.57. The molecule has 0 bridgehead atoms. The van der Waals surface area contributed by atoms with Gasteiger partial charge in [0.1, 0.15) is 29.8 Å². The fraction of sp³-hybridized carbons (Fsp3) is 0.257. The van der Waals surface area contributed by atoms with E-state index in [1.165, 1.54) is 0 Å². The van der Waals surface area contributed by atoms with Crippen molar-refractivity contribution in [2.24, 2.45) is 0 Å². The summed E-state index contributed by atoms with van der Waals surface area (Å²) < 4.78 is 29.6. The number of ether oxygens (including phenoxy) is 5. The molecule has 1 N–H and O–H groups in total. The van der Waals surface area contributed by atoms with Crippen molar-refractivity contribution in [2.45, 2.75) is 38.1 Å². The van der Waals surface area contributed by atoms with Crippen LogP contribution in [0.1, 0.15) is 22.3 Å². The van der Waals surface area contributed by atoms with Gasteiger partial charge in [-0.1, -0.05) is 103 Å². The molecule has 3 atom stereocenters. The average Bonchev–Trinajstić information content (AvgIpc) is 3.03. The number of hydrogen-bond acceptors (Lipinski definition) is 6. The first-order valence-corrected chi connectivity index (χ1v) is 13.7. The third-order valence-electron chi connectivity index (χ3n) is 6.58. The van der Waals surface area contributed by atoms with Crippen LogP contribution < -0.4 is 9.47 Å². The zero-order valence-corrected chi connectivity index (χ0v) is 23.6. The highest BCUT2D eigenvalue weighted by molar-refractivity contribution is 5.59. The maximum Gasteiger partial charge on any atom is 0.129 e. The van der Waals surface area contributed by atoms with Crippen molar-refractivity contribution in [1.82, 2.24) is 0 Å². The first kappa shape index (κ1) is 30.0. The molecule has 0 radical (unpaired) electrons. The molecule has 0 aromatic heterocycles. The van der Waals surface area contributed by atoms with E-state index < -0.39 is 18.3 Å². The molecule has 0 saturated carbocycles. The highest BCUT2D eigenvalue weighted by atomic mass is 16.6. The van der Waals surface area contributed by atoms with Crippen LogP contribution in [0.5, 0.6) is 11.5 Å². The van der Waals surface area contributed by atoms with Gasteiger partial charge in [0.2, 0.25) is 0 Å². The predicted octanol–water partition coefficient (Wildman–Crippen LogP) is 6.47. The Kier molecular flexibility index (Phi) is 12.0. The quantitative estimate of drug-likeness (QED) is 0.171. The van der Waals surface area contributed by atoms with E-state index in [1.807, 2.05) is 121 Å². The molecule has 4 aromatic carbocycles. The van der Waals surface area contributed by atoms with E-state index in [2.05, 4.69) is 0 Å². The van der Waals surface area contributed by atoms with E-state index in [0.717, 1.165) is 22.3 Å². The summed E-state index contributed by atoms with van der Waals surface area (Å²) in [4.78, 5) is 0. The Hall–Kier alpha value is -3.94. The van der Waals surface area contributed by atoms with E-state index >= 15 is 0 Å². The lowest BCUT2D eigenvalue weighted by molar-refractivity contribution is -0.133. The number of hydrogen-bond donors (Lipinski definition) is 1. The first-order valence-electron chi connectivity index (χ1n) is 13.7. The standard InChI is InChI=1S/C35H38O6/c1-37-31-20-18-30(34(22-31)38-2)19-21-33(40-24-28-14-8-4-9-15-28)35(41-25-29-16-10-5-11-17-29)32(36)26-39-23-27-12-6-3-7-13-27/h3-22,32-33,35-36H,23-26H2,1-2H3/b21-19+/t32-,33-,35-/m1/s1. The molecule has 0 aliphatic rings. The van der Waals surface area contributed by atoms with Crippen molar-refractivity contribution in [1.29, 1.82) is 0 Å². The van der Waals surface area contributed by atoms with E-state index in [-0.39, 0.29) is 6.61 Å². The van der Waals surface area contributed by atoms with Gasteiger partial charge in [0.15, 0.2) is 0 Å². The molecule has 0 saturated heterocycles. The minimum atomic E-state index is -0.953. The summed E-state index contributed by atoms with van der Waals surface area (Å²) in [5.74, 6) is 1.36. The molecule has 214 valence electrons. The lowest BCUT2D eigenvalue weighted by Crippen LogP contribution is -2.42. The normalized spacial score (nSPS) is 13.5. The van der Waals surface area contributed by atoms with E-state index in [0.29, 0.717) is 31.3 Å². The molecule has 0 aliphatic heterocycles. The summed E-state index contributed by atoms with van der Waals surface area (Å²) in [5.41, 5.74) is 3.89. The molecular weight excluding hydrogens is 516 g/mol. The number of benzene rings is 4. The Morgan fingerprint density at radius 1 is 0.659 bits per heavy atom. The minimum absolute atomic E-state index is 0.0826. The SMILES string of the molecule is COc1ccc(/C=C/[C@@H](OCc2ccccc2)[C@H](OCc2ccccc2)[C@H](O)COCc2ccccc2)c(OC)c1. The second kappa shape index (κ2) is 16.4. The van der Waals surface area contributed by atoms with Crippen LogP contribution in [0.15, 0.2) is 115 Å². The summed E-state index contributed by atoms with van der Waals surface area (Å²) in [6, 6.07) is 35.3. The van der Waals surface area contributed by atoms with Gasteiger partial charge >= 0.3 is 0 Å². The average molecular weight is 555 g/mol. The summed E-state index contributed by atoms with van der Waals surface area (Å²) in [6.07, 6.45) is 1.56. The third kappa shape index (κ3) is 9.59. The molecule has 0 fully saturated rings. The second-order valence-corrected chi connectivity index (χ2v) is 9.56. The van der Waals surface area contributed by atoms with Crippen LogP contribution >= 0.6 is 0 Å².